The summed E-state index contributed by atoms with van der Waals surface area (Å²) in [5, 5.41) is 0. The number of ether oxygens (including phenoxy) is 3. The molecule has 0 aromatic heterocycles. The number of hydrogen-bond acceptors (Lipinski definition) is 3. The van der Waals surface area contributed by atoms with Gasteiger partial charge in [-0.05, 0) is 52.5 Å². The predicted molar refractivity (Wildman–Crippen MR) is 167 cm³/mol. The molecule has 0 aliphatic carbocycles. The number of rotatable bonds is 10. The molecule has 0 radical (unpaired) electrons. The molecule has 210 valence electrons. The minimum Gasteiger partial charge on any atom is -0.490 e. The molecule has 0 saturated carbocycles. The Hall–Kier alpha value is -3.56. The van der Waals surface area contributed by atoms with Gasteiger partial charge in [0.05, 0.1) is 6.61 Å². The third-order valence-electron chi connectivity index (χ3n) is 7.11. The van der Waals surface area contributed by atoms with Gasteiger partial charge in [-0.15, -0.1) is 0 Å². The third-order valence-corrected chi connectivity index (χ3v) is 7.11. The van der Waals surface area contributed by atoms with Crippen LogP contribution in [0.25, 0.3) is 22.3 Å². The van der Waals surface area contributed by atoms with E-state index < -0.39 is 6.29 Å². The molecular weight excluding hydrogens is 492 g/mol. The smallest absolute Gasteiger partial charge is 0.197 e. The van der Waals surface area contributed by atoms with Gasteiger partial charge in [0.1, 0.15) is 18.1 Å². The summed E-state index contributed by atoms with van der Waals surface area (Å²) >= 11 is 0. The Morgan fingerprint density at radius 1 is 0.575 bits per heavy atom. The zero-order chi connectivity index (χ0) is 28.8. The van der Waals surface area contributed by atoms with E-state index in [2.05, 4.69) is 133 Å². The first-order chi connectivity index (χ1) is 19.0. The van der Waals surface area contributed by atoms with Crippen molar-refractivity contribution in [2.75, 3.05) is 13.2 Å². The number of hydrogen-bond donors (Lipinski definition) is 0. The molecule has 4 rings (SSSR count). The van der Waals surface area contributed by atoms with Crippen LogP contribution in [0.2, 0.25) is 0 Å². The van der Waals surface area contributed by atoms with Crippen LogP contribution in [-0.4, -0.2) is 19.5 Å². The van der Waals surface area contributed by atoms with Gasteiger partial charge < -0.3 is 14.2 Å². The van der Waals surface area contributed by atoms with E-state index in [9.17, 15) is 0 Å². The summed E-state index contributed by atoms with van der Waals surface area (Å²) in [7, 11) is 0. The topological polar surface area (TPSA) is 27.7 Å². The summed E-state index contributed by atoms with van der Waals surface area (Å²) < 4.78 is 18.5. The van der Waals surface area contributed by atoms with Gasteiger partial charge in [-0.2, -0.15) is 0 Å². The van der Waals surface area contributed by atoms with Crippen molar-refractivity contribution in [2.45, 2.75) is 60.7 Å². The fourth-order valence-corrected chi connectivity index (χ4v) is 6.00. The van der Waals surface area contributed by atoms with Gasteiger partial charge in [0.25, 0.3) is 0 Å². The SMILES string of the molecule is CC(OCCOc1c(-c2ccccc2)cccc1-c1ccccc1)Oc1ccc(C(C(C)(C)C)C(C)(C)C)cc1. The molecular formula is C37H44O3. The van der Waals surface area contributed by atoms with Crippen LogP contribution in [-0.2, 0) is 4.74 Å². The quantitative estimate of drug-likeness (QED) is 0.149. The fourth-order valence-electron chi connectivity index (χ4n) is 6.00. The van der Waals surface area contributed by atoms with E-state index in [1.54, 1.807) is 0 Å². The average molecular weight is 537 g/mol. The maximum Gasteiger partial charge on any atom is 0.197 e. The zero-order valence-corrected chi connectivity index (χ0v) is 25.1. The van der Waals surface area contributed by atoms with Crippen molar-refractivity contribution >= 4 is 0 Å². The predicted octanol–water partition coefficient (Wildman–Crippen LogP) is 10.0. The molecule has 1 unspecified atom stereocenters. The highest BCUT2D eigenvalue weighted by Crippen LogP contribution is 2.47. The summed E-state index contributed by atoms with van der Waals surface area (Å²) in [5.74, 6) is 2.10. The second-order valence-electron chi connectivity index (χ2n) is 12.6. The van der Waals surface area contributed by atoms with Crippen LogP contribution in [0, 0.1) is 10.8 Å². The van der Waals surface area contributed by atoms with Crippen molar-refractivity contribution in [3.63, 3.8) is 0 Å². The van der Waals surface area contributed by atoms with Crippen LogP contribution < -0.4 is 9.47 Å². The van der Waals surface area contributed by atoms with Crippen molar-refractivity contribution in [1.82, 2.24) is 0 Å². The lowest BCUT2D eigenvalue weighted by Gasteiger charge is -2.41. The highest BCUT2D eigenvalue weighted by Gasteiger charge is 2.35. The highest BCUT2D eigenvalue weighted by molar-refractivity contribution is 5.82. The van der Waals surface area contributed by atoms with Crippen LogP contribution in [0.4, 0.5) is 0 Å². The first kappa shape index (κ1) is 29.4. The van der Waals surface area contributed by atoms with E-state index in [0.29, 0.717) is 19.1 Å². The first-order valence-corrected chi connectivity index (χ1v) is 14.3. The van der Waals surface area contributed by atoms with Crippen LogP contribution in [0.1, 0.15) is 59.9 Å². The molecule has 3 heteroatoms. The summed E-state index contributed by atoms with van der Waals surface area (Å²) in [6.45, 7) is 16.6. The monoisotopic (exact) mass is 536 g/mol. The van der Waals surface area contributed by atoms with E-state index >= 15 is 0 Å². The molecule has 0 bridgehead atoms. The number of para-hydroxylation sites is 1. The minimum absolute atomic E-state index is 0.163. The lowest BCUT2D eigenvalue weighted by molar-refractivity contribution is -0.0738. The summed E-state index contributed by atoms with van der Waals surface area (Å²) in [6, 6.07) is 35.5. The normalized spacial score (nSPS) is 12.8. The van der Waals surface area contributed by atoms with Gasteiger partial charge in [-0.3, -0.25) is 0 Å². The largest absolute Gasteiger partial charge is 0.490 e. The highest BCUT2D eigenvalue weighted by atomic mass is 16.7. The summed E-state index contributed by atoms with van der Waals surface area (Å²) in [5.41, 5.74) is 6.03. The van der Waals surface area contributed by atoms with Crippen LogP contribution in [0.3, 0.4) is 0 Å². The molecule has 0 N–H and O–H groups in total. The van der Waals surface area contributed by atoms with Crippen molar-refractivity contribution in [3.8, 4) is 33.8 Å². The van der Waals surface area contributed by atoms with E-state index in [1.165, 1.54) is 5.56 Å². The van der Waals surface area contributed by atoms with Crippen molar-refractivity contribution in [3.05, 3.63) is 109 Å². The Balaban J connectivity index is 1.40. The van der Waals surface area contributed by atoms with Crippen LogP contribution in [0.15, 0.2) is 103 Å². The fraction of sp³-hybridized carbons (Fsp3) is 0.351. The third kappa shape index (κ3) is 7.55. The van der Waals surface area contributed by atoms with E-state index in [1.807, 2.05) is 19.1 Å². The Morgan fingerprint density at radius 3 is 1.55 bits per heavy atom. The standard InChI is InChI=1S/C37H44O3/c1-27(40-31-23-21-30(22-24-31)35(36(2,3)4)37(5,6)7)38-25-26-39-34-32(28-15-10-8-11-16-28)19-14-20-33(34)29-17-12-9-13-18-29/h8-24,27,35H,25-26H2,1-7H3. The van der Waals surface area contributed by atoms with Crippen molar-refractivity contribution < 1.29 is 14.2 Å². The molecule has 0 amide bonds. The molecule has 4 aromatic carbocycles. The maximum absolute atomic E-state index is 6.40. The summed E-state index contributed by atoms with van der Waals surface area (Å²) in [4.78, 5) is 0. The van der Waals surface area contributed by atoms with Gasteiger partial charge in [0, 0.05) is 11.1 Å². The van der Waals surface area contributed by atoms with E-state index in [4.69, 9.17) is 14.2 Å². The second-order valence-corrected chi connectivity index (χ2v) is 12.6. The maximum atomic E-state index is 6.40. The molecule has 4 aromatic rings. The lowest BCUT2D eigenvalue weighted by Crippen LogP contribution is -2.30. The van der Waals surface area contributed by atoms with Gasteiger partial charge in [0.15, 0.2) is 6.29 Å². The van der Waals surface area contributed by atoms with Gasteiger partial charge in [-0.1, -0.05) is 133 Å². The molecule has 0 saturated heterocycles. The average Bonchev–Trinajstić information content (AvgIpc) is 2.91. The molecule has 3 nitrogen and oxygen atoms in total. The Labute approximate surface area is 241 Å². The minimum atomic E-state index is -0.395. The van der Waals surface area contributed by atoms with E-state index in [-0.39, 0.29) is 10.8 Å². The van der Waals surface area contributed by atoms with E-state index in [0.717, 1.165) is 33.8 Å². The Morgan fingerprint density at radius 2 is 1.07 bits per heavy atom. The second kappa shape index (κ2) is 12.7. The molecule has 40 heavy (non-hydrogen) atoms. The van der Waals surface area contributed by atoms with Crippen LogP contribution in [0.5, 0.6) is 11.5 Å². The Bertz CT molecular complexity index is 1260. The van der Waals surface area contributed by atoms with Crippen molar-refractivity contribution in [2.24, 2.45) is 10.8 Å². The number of benzene rings is 4. The summed E-state index contributed by atoms with van der Waals surface area (Å²) in [6.07, 6.45) is -0.395. The van der Waals surface area contributed by atoms with Crippen LogP contribution >= 0.6 is 0 Å². The molecule has 0 fully saturated rings. The molecule has 0 heterocycles. The first-order valence-electron chi connectivity index (χ1n) is 14.3. The van der Waals surface area contributed by atoms with Crippen molar-refractivity contribution in [1.29, 1.82) is 0 Å². The zero-order valence-electron chi connectivity index (χ0n) is 25.1. The van der Waals surface area contributed by atoms with Gasteiger partial charge >= 0.3 is 0 Å². The molecule has 0 aliphatic heterocycles. The van der Waals surface area contributed by atoms with Gasteiger partial charge in [0.2, 0.25) is 0 Å². The molecule has 0 spiro atoms. The molecule has 1 atom stereocenters. The van der Waals surface area contributed by atoms with Gasteiger partial charge in [-0.25, -0.2) is 0 Å². The lowest BCUT2D eigenvalue weighted by atomic mass is 9.64. The Kier molecular flexibility index (Phi) is 9.37. The molecule has 0 aliphatic rings.